The topological polar surface area (TPSA) is 56.8 Å². The van der Waals surface area contributed by atoms with Crippen molar-refractivity contribution in [3.63, 3.8) is 0 Å². The van der Waals surface area contributed by atoms with Gasteiger partial charge < -0.3 is 14.7 Å². The molecule has 2 amide bonds. The minimum Gasteiger partial charge on any atom is -0.345 e. The maximum atomic E-state index is 13.0. The van der Waals surface area contributed by atoms with E-state index in [1.54, 1.807) is 16.2 Å². The summed E-state index contributed by atoms with van der Waals surface area (Å²) in [5.41, 5.74) is 1.89. The van der Waals surface area contributed by atoms with Crippen LogP contribution in [-0.4, -0.2) is 54.4 Å². The highest BCUT2D eigenvalue weighted by atomic mass is 32.1. The summed E-state index contributed by atoms with van der Waals surface area (Å²) in [6, 6.07) is 17.7. The third kappa shape index (κ3) is 3.35. The zero-order chi connectivity index (χ0) is 19.8. The minimum absolute atomic E-state index is 0.0302. The van der Waals surface area contributed by atoms with Crippen molar-refractivity contribution in [3.8, 4) is 0 Å². The Kier molecular flexibility index (Phi) is 4.67. The van der Waals surface area contributed by atoms with Gasteiger partial charge in [0.2, 0.25) is 11.8 Å². The number of nitrogens with zero attached hydrogens (tertiary/aromatic N) is 4. The quantitative estimate of drug-likeness (QED) is 0.628. The molecule has 7 heteroatoms. The summed E-state index contributed by atoms with van der Waals surface area (Å²) < 4.78 is 1.18. The van der Waals surface area contributed by atoms with E-state index < -0.39 is 5.92 Å². The van der Waals surface area contributed by atoms with Gasteiger partial charge in [-0.3, -0.25) is 9.59 Å². The molecule has 0 aliphatic carbocycles. The van der Waals surface area contributed by atoms with Crippen LogP contribution in [0.4, 0.5) is 10.8 Å². The second kappa shape index (κ2) is 7.48. The molecule has 2 aliphatic heterocycles. The average molecular weight is 407 g/mol. The predicted molar refractivity (Wildman–Crippen MR) is 115 cm³/mol. The Morgan fingerprint density at radius 1 is 0.931 bits per heavy atom. The van der Waals surface area contributed by atoms with Crippen molar-refractivity contribution >= 4 is 44.2 Å². The Bertz CT molecular complexity index is 1010. The lowest BCUT2D eigenvalue weighted by atomic mass is 10.1. The number of hydrogen-bond donors (Lipinski definition) is 0. The summed E-state index contributed by atoms with van der Waals surface area (Å²) in [7, 11) is 0. The molecule has 0 spiro atoms. The second-order valence-corrected chi connectivity index (χ2v) is 8.45. The minimum atomic E-state index is -0.552. The van der Waals surface area contributed by atoms with Gasteiger partial charge in [0.05, 0.1) is 10.2 Å². The van der Waals surface area contributed by atoms with E-state index >= 15 is 0 Å². The molecule has 6 nitrogen and oxygen atoms in total. The molecular formula is C22H22N4O2S. The number of hydrogen-bond acceptors (Lipinski definition) is 5. The van der Waals surface area contributed by atoms with Crippen molar-refractivity contribution in [2.45, 2.75) is 6.42 Å². The van der Waals surface area contributed by atoms with Crippen molar-refractivity contribution in [3.05, 3.63) is 54.6 Å². The first-order valence-corrected chi connectivity index (χ1v) is 10.8. The van der Waals surface area contributed by atoms with Gasteiger partial charge in [0.1, 0.15) is 5.92 Å². The summed E-state index contributed by atoms with van der Waals surface area (Å²) >= 11 is 1.69. The van der Waals surface area contributed by atoms with E-state index in [1.165, 1.54) is 4.70 Å². The number of piperazine rings is 1. The third-order valence-electron chi connectivity index (χ3n) is 5.72. The van der Waals surface area contributed by atoms with Crippen LogP contribution < -0.4 is 9.80 Å². The van der Waals surface area contributed by atoms with Crippen LogP contribution in [0.25, 0.3) is 10.2 Å². The Balaban J connectivity index is 1.23. The zero-order valence-corrected chi connectivity index (χ0v) is 16.8. The van der Waals surface area contributed by atoms with E-state index in [0.717, 1.165) is 29.4 Å². The Labute approximate surface area is 173 Å². The van der Waals surface area contributed by atoms with Crippen LogP contribution in [0.2, 0.25) is 0 Å². The number of amides is 2. The molecule has 2 aliphatic rings. The fraction of sp³-hybridized carbons (Fsp3) is 0.318. The van der Waals surface area contributed by atoms with Crippen molar-refractivity contribution in [2.75, 3.05) is 42.5 Å². The molecule has 0 saturated carbocycles. The Morgan fingerprint density at radius 2 is 1.66 bits per heavy atom. The van der Waals surface area contributed by atoms with Crippen molar-refractivity contribution in [2.24, 2.45) is 5.92 Å². The maximum Gasteiger partial charge on any atom is 0.239 e. The molecule has 3 aromatic rings. The Morgan fingerprint density at radius 3 is 2.41 bits per heavy atom. The van der Waals surface area contributed by atoms with E-state index in [-0.39, 0.29) is 11.8 Å². The van der Waals surface area contributed by atoms with Gasteiger partial charge in [-0.2, -0.15) is 0 Å². The fourth-order valence-electron chi connectivity index (χ4n) is 4.11. The highest BCUT2D eigenvalue weighted by Gasteiger charge is 2.40. The maximum absolute atomic E-state index is 13.0. The fourth-order valence-corrected chi connectivity index (χ4v) is 5.12. The number of carbonyl (C=O) groups is 2. The van der Waals surface area contributed by atoms with Crippen LogP contribution in [0.1, 0.15) is 6.42 Å². The smallest absolute Gasteiger partial charge is 0.239 e. The molecule has 1 atom stereocenters. The van der Waals surface area contributed by atoms with Gasteiger partial charge in [-0.15, -0.1) is 0 Å². The zero-order valence-electron chi connectivity index (χ0n) is 16.0. The number of benzene rings is 2. The molecule has 29 heavy (non-hydrogen) atoms. The van der Waals surface area contributed by atoms with Crippen LogP contribution in [-0.2, 0) is 9.59 Å². The SMILES string of the molecule is O=C([C@H]1CCN(c2ccccc2)C1=O)N1CCN(c2nc3ccccc3s2)CC1. The molecule has 148 valence electrons. The second-order valence-electron chi connectivity index (χ2n) is 7.44. The highest BCUT2D eigenvalue weighted by Crippen LogP contribution is 2.30. The summed E-state index contributed by atoms with van der Waals surface area (Å²) in [6.45, 7) is 3.35. The molecule has 0 radical (unpaired) electrons. The van der Waals surface area contributed by atoms with Crippen molar-refractivity contribution in [1.82, 2.24) is 9.88 Å². The predicted octanol–water partition coefficient (Wildman–Crippen LogP) is 3.00. The van der Waals surface area contributed by atoms with E-state index in [1.807, 2.05) is 53.4 Å². The first-order valence-electron chi connectivity index (χ1n) is 9.96. The summed E-state index contributed by atoms with van der Waals surface area (Å²) in [5, 5.41) is 1.01. The molecule has 0 unspecified atom stereocenters. The van der Waals surface area contributed by atoms with Gasteiger partial charge in [-0.1, -0.05) is 41.7 Å². The molecular weight excluding hydrogens is 384 g/mol. The number of aromatic nitrogens is 1. The number of fused-ring (bicyclic) bond motifs is 1. The molecule has 2 saturated heterocycles. The molecule has 3 heterocycles. The van der Waals surface area contributed by atoms with E-state index in [0.29, 0.717) is 26.1 Å². The normalized spacial score (nSPS) is 19.9. The number of thiazole rings is 1. The lowest BCUT2D eigenvalue weighted by molar-refractivity contribution is -0.140. The van der Waals surface area contributed by atoms with E-state index in [4.69, 9.17) is 4.98 Å². The van der Waals surface area contributed by atoms with Crippen LogP contribution in [0.3, 0.4) is 0 Å². The molecule has 1 aromatic heterocycles. The first kappa shape index (κ1) is 18.1. The molecule has 2 fully saturated rings. The van der Waals surface area contributed by atoms with E-state index in [2.05, 4.69) is 11.0 Å². The van der Waals surface area contributed by atoms with Gasteiger partial charge in [-0.05, 0) is 30.7 Å². The van der Waals surface area contributed by atoms with Crippen LogP contribution >= 0.6 is 11.3 Å². The molecule has 5 rings (SSSR count). The largest absolute Gasteiger partial charge is 0.345 e. The Hall–Kier alpha value is -2.93. The first-order chi connectivity index (χ1) is 14.2. The summed E-state index contributed by atoms with van der Waals surface area (Å²) in [6.07, 6.45) is 0.588. The number of rotatable bonds is 3. The standard InChI is InChI=1S/C22H22N4O2S/c27-20(17-10-11-26(21(17)28)16-6-2-1-3-7-16)24-12-14-25(15-13-24)22-23-18-8-4-5-9-19(18)29-22/h1-9,17H,10-15H2/t17-/m1/s1. The van der Waals surface area contributed by atoms with Gasteiger partial charge >= 0.3 is 0 Å². The molecule has 0 N–H and O–H groups in total. The number of para-hydroxylation sites is 2. The summed E-state index contributed by atoms with van der Waals surface area (Å²) in [5.74, 6) is -0.656. The van der Waals surface area contributed by atoms with Crippen molar-refractivity contribution < 1.29 is 9.59 Å². The van der Waals surface area contributed by atoms with Crippen LogP contribution in [0.15, 0.2) is 54.6 Å². The molecule has 0 bridgehead atoms. The van der Waals surface area contributed by atoms with Gasteiger partial charge in [-0.25, -0.2) is 4.98 Å². The van der Waals surface area contributed by atoms with Crippen molar-refractivity contribution in [1.29, 1.82) is 0 Å². The number of carbonyl (C=O) groups excluding carboxylic acids is 2. The number of anilines is 2. The lowest BCUT2D eigenvalue weighted by Crippen LogP contribution is -2.51. The van der Waals surface area contributed by atoms with Gasteiger partial charge in [0.25, 0.3) is 0 Å². The lowest BCUT2D eigenvalue weighted by Gasteiger charge is -2.35. The van der Waals surface area contributed by atoms with Gasteiger partial charge in [0, 0.05) is 38.4 Å². The van der Waals surface area contributed by atoms with E-state index in [9.17, 15) is 9.59 Å². The van der Waals surface area contributed by atoms with Gasteiger partial charge in [0.15, 0.2) is 5.13 Å². The highest BCUT2D eigenvalue weighted by molar-refractivity contribution is 7.22. The monoisotopic (exact) mass is 406 g/mol. The summed E-state index contributed by atoms with van der Waals surface area (Å²) in [4.78, 5) is 36.4. The van der Waals surface area contributed by atoms with Crippen LogP contribution in [0, 0.1) is 5.92 Å². The third-order valence-corrected chi connectivity index (χ3v) is 6.81. The van der Waals surface area contributed by atoms with Crippen LogP contribution in [0.5, 0.6) is 0 Å². The molecule has 2 aromatic carbocycles. The average Bonchev–Trinajstić information content (AvgIpc) is 3.37.